The molecule has 0 aliphatic carbocycles. The molecule has 0 saturated heterocycles. The van der Waals surface area contributed by atoms with Crippen molar-refractivity contribution in [3.63, 3.8) is 0 Å². The number of nitrogens with zero attached hydrogens (tertiary/aromatic N) is 2. The van der Waals surface area contributed by atoms with Gasteiger partial charge in [-0.3, -0.25) is 14.9 Å². The summed E-state index contributed by atoms with van der Waals surface area (Å²) in [6.45, 7) is 1.22. The molecule has 0 unspecified atom stereocenters. The Morgan fingerprint density at radius 2 is 1.97 bits per heavy atom. The van der Waals surface area contributed by atoms with Gasteiger partial charge in [-0.05, 0) is 35.9 Å². The number of nitro groups is 1. The zero-order valence-electron chi connectivity index (χ0n) is 15.5. The molecule has 0 radical (unpaired) electrons. The Bertz CT molecular complexity index is 1140. The number of ether oxygens (including phenoxy) is 3. The molecule has 3 rings (SSSR count). The third kappa shape index (κ3) is 4.42. The van der Waals surface area contributed by atoms with Gasteiger partial charge in [0.2, 0.25) is 5.90 Å². The second kappa shape index (κ2) is 8.52. The summed E-state index contributed by atoms with van der Waals surface area (Å²) in [5.74, 6) is -1.23. The smallest absolute Gasteiger partial charge is 0.363 e. The monoisotopic (exact) mass is 450 g/mol. The third-order valence-electron chi connectivity index (χ3n) is 3.81. The number of hydrogen-bond acceptors (Lipinski definition) is 8. The van der Waals surface area contributed by atoms with Gasteiger partial charge >= 0.3 is 11.9 Å². The fraction of sp³-hybridized carbons (Fsp3) is 0.105. The van der Waals surface area contributed by atoms with E-state index in [1.807, 2.05) is 0 Å². The summed E-state index contributed by atoms with van der Waals surface area (Å²) in [7, 11) is 1.36. The summed E-state index contributed by atoms with van der Waals surface area (Å²) in [6.07, 6.45) is 1.38. The molecule has 0 bridgehead atoms. The highest BCUT2D eigenvalue weighted by Crippen LogP contribution is 2.37. The molecule has 9 nitrogen and oxygen atoms in total. The van der Waals surface area contributed by atoms with Gasteiger partial charge in [-0.15, -0.1) is 0 Å². The molecule has 2 aromatic rings. The van der Waals surface area contributed by atoms with Gasteiger partial charge in [0.15, 0.2) is 17.2 Å². The van der Waals surface area contributed by atoms with Crippen LogP contribution in [0.3, 0.4) is 0 Å². The molecule has 0 spiro atoms. The summed E-state index contributed by atoms with van der Waals surface area (Å²) < 4.78 is 15.3. The minimum Gasteiger partial charge on any atom is -0.493 e. The Morgan fingerprint density at radius 1 is 1.23 bits per heavy atom. The molecule has 0 fully saturated rings. The van der Waals surface area contributed by atoms with Crippen molar-refractivity contribution in [2.45, 2.75) is 6.92 Å². The number of carbonyl (C=O) groups is 2. The molecule has 0 amide bonds. The van der Waals surface area contributed by atoms with Gasteiger partial charge in [-0.1, -0.05) is 23.2 Å². The van der Waals surface area contributed by atoms with Crippen molar-refractivity contribution in [1.29, 1.82) is 0 Å². The number of methoxy groups -OCH3 is 1. The van der Waals surface area contributed by atoms with Crippen molar-refractivity contribution in [1.82, 2.24) is 0 Å². The van der Waals surface area contributed by atoms with Gasteiger partial charge in [0.1, 0.15) is 5.02 Å². The lowest BCUT2D eigenvalue weighted by Crippen LogP contribution is -2.06. The fourth-order valence-corrected chi connectivity index (χ4v) is 2.99. The van der Waals surface area contributed by atoms with Gasteiger partial charge in [0.05, 0.1) is 17.1 Å². The van der Waals surface area contributed by atoms with Crippen LogP contribution in [0.5, 0.6) is 11.5 Å². The minimum absolute atomic E-state index is 0.0421. The Kier molecular flexibility index (Phi) is 6.04. The topological polar surface area (TPSA) is 117 Å². The van der Waals surface area contributed by atoms with E-state index in [1.165, 1.54) is 44.4 Å². The van der Waals surface area contributed by atoms with Gasteiger partial charge in [0, 0.05) is 18.6 Å². The lowest BCUT2D eigenvalue weighted by atomic mass is 10.1. The number of cyclic esters (lactones) is 1. The van der Waals surface area contributed by atoms with E-state index in [1.54, 1.807) is 0 Å². The van der Waals surface area contributed by atoms with Crippen LogP contribution in [-0.4, -0.2) is 29.9 Å². The van der Waals surface area contributed by atoms with Crippen LogP contribution < -0.4 is 9.47 Å². The average Bonchev–Trinajstić information content (AvgIpc) is 3.04. The second-order valence-corrected chi connectivity index (χ2v) is 6.70. The Morgan fingerprint density at radius 3 is 2.60 bits per heavy atom. The maximum Gasteiger partial charge on any atom is 0.363 e. The highest BCUT2D eigenvalue weighted by Gasteiger charge is 2.26. The summed E-state index contributed by atoms with van der Waals surface area (Å²) in [4.78, 5) is 37.9. The SMILES string of the molecule is COc1cc(C=C2N=C(c3ccc(Cl)c([N+](=O)[O-])c3)OC2=O)cc(Cl)c1OC(C)=O. The van der Waals surface area contributed by atoms with Gasteiger partial charge in [0.25, 0.3) is 5.69 Å². The normalized spacial score (nSPS) is 14.3. The molecule has 1 aliphatic rings. The van der Waals surface area contributed by atoms with E-state index in [-0.39, 0.29) is 44.4 Å². The summed E-state index contributed by atoms with van der Waals surface area (Å²) in [6, 6.07) is 6.85. The third-order valence-corrected chi connectivity index (χ3v) is 4.41. The molecule has 11 heteroatoms. The van der Waals surface area contributed by atoms with Crippen molar-refractivity contribution in [2.75, 3.05) is 7.11 Å². The first-order valence-electron chi connectivity index (χ1n) is 8.22. The predicted molar refractivity (Wildman–Crippen MR) is 108 cm³/mol. The van der Waals surface area contributed by atoms with E-state index in [4.69, 9.17) is 37.4 Å². The van der Waals surface area contributed by atoms with Crippen LogP contribution in [0, 0.1) is 10.1 Å². The molecule has 0 atom stereocenters. The molecule has 0 N–H and O–H groups in total. The molecule has 2 aromatic carbocycles. The van der Waals surface area contributed by atoms with Crippen LogP contribution in [0.25, 0.3) is 6.08 Å². The van der Waals surface area contributed by atoms with Crippen LogP contribution in [-0.2, 0) is 14.3 Å². The van der Waals surface area contributed by atoms with E-state index < -0.39 is 16.9 Å². The Hall–Kier alpha value is -3.43. The van der Waals surface area contributed by atoms with E-state index in [2.05, 4.69) is 4.99 Å². The molecule has 154 valence electrons. The fourth-order valence-electron chi connectivity index (χ4n) is 2.54. The van der Waals surface area contributed by atoms with Crippen LogP contribution in [0.15, 0.2) is 41.0 Å². The number of rotatable bonds is 5. The maximum absolute atomic E-state index is 12.2. The maximum atomic E-state index is 12.2. The van der Waals surface area contributed by atoms with Crippen LogP contribution in [0.1, 0.15) is 18.1 Å². The van der Waals surface area contributed by atoms with E-state index >= 15 is 0 Å². The number of halogens is 2. The van der Waals surface area contributed by atoms with Gasteiger partial charge in [-0.25, -0.2) is 9.79 Å². The van der Waals surface area contributed by atoms with Crippen LogP contribution >= 0.6 is 23.2 Å². The van der Waals surface area contributed by atoms with Gasteiger partial charge in [-0.2, -0.15) is 0 Å². The van der Waals surface area contributed by atoms with Crippen molar-refractivity contribution >= 4 is 52.8 Å². The molecular formula is C19H12Cl2N2O7. The van der Waals surface area contributed by atoms with Crippen molar-refractivity contribution in [2.24, 2.45) is 4.99 Å². The summed E-state index contributed by atoms with van der Waals surface area (Å²) in [5.41, 5.74) is 0.222. The largest absolute Gasteiger partial charge is 0.493 e. The Balaban J connectivity index is 1.99. The number of esters is 2. The van der Waals surface area contributed by atoms with Crippen molar-refractivity contribution in [3.05, 3.63) is 67.3 Å². The first-order valence-corrected chi connectivity index (χ1v) is 8.98. The quantitative estimate of drug-likeness (QED) is 0.220. The number of hydrogen-bond donors (Lipinski definition) is 0. The van der Waals surface area contributed by atoms with E-state index in [0.29, 0.717) is 5.56 Å². The molecule has 1 heterocycles. The number of carbonyl (C=O) groups excluding carboxylic acids is 2. The molecular weight excluding hydrogens is 439 g/mol. The van der Waals surface area contributed by atoms with E-state index in [0.717, 1.165) is 6.07 Å². The number of aliphatic imine (C=N–C) groups is 1. The first kappa shape index (κ1) is 21.3. The van der Waals surface area contributed by atoms with Crippen molar-refractivity contribution in [3.8, 4) is 11.5 Å². The molecule has 0 saturated carbocycles. The molecule has 0 aromatic heterocycles. The molecule has 1 aliphatic heterocycles. The van der Waals surface area contributed by atoms with E-state index in [9.17, 15) is 19.7 Å². The Labute approximate surface area is 179 Å². The summed E-state index contributed by atoms with van der Waals surface area (Å²) >= 11 is 11.9. The van der Waals surface area contributed by atoms with Crippen molar-refractivity contribution < 1.29 is 28.7 Å². The van der Waals surface area contributed by atoms with Crippen LogP contribution in [0.2, 0.25) is 10.0 Å². The second-order valence-electron chi connectivity index (χ2n) is 5.89. The lowest BCUT2D eigenvalue weighted by molar-refractivity contribution is -0.384. The predicted octanol–water partition coefficient (Wildman–Crippen LogP) is 4.18. The highest BCUT2D eigenvalue weighted by molar-refractivity contribution is 6.33. The number of nitro benzene ring substituents is 1. The zero-order chi connectivity index (χ0) is 22.0. The van der Waals surface area contributed by atoms with Crippen LogP contribution in [0.4, 0.5) is 5.69 Å². The standard InChI is InChI=1S/C19H12Cl2N2O7/c1-9(24)29-17-13(21)5-10(7-16(17)28-2)6-14-19(25)30-18(22-14)11-3-4-12(20)15(8-11)23(26)27/h3-8H,1-2H3. The highest BCUT2D eigenvalue weighted by atomic mass is 35.5. The zero-order valence-corrected chi connectivity index (χ0v) is 17.0. The average molecular weight is 451 g/mol. The first-order chi connectivity index (χ1) is 14.2. The minimum atomic E-state index is -0.762. The summed E-state index contributed by atoms with van der Waals surface area (Å²) in [5, 5.41) is 11.1. The number of benzene rings is 2. The molecule has 30 heavy (non-hydrogen) atoms. The van der Waals surface area contributed by atoms with Gasteiger partial charge < -0.3 is 14.2 Å². The lowest BCUT2D eigenvalue weighted by Gasteiger charge is -2.10.